The SMILES string of the molecule is CCc1ccc(N=Nc2c(C)nc3cc(C)ccn23)cc1. The molecule has 0 fully saturated rings. The molecule has 0 atom stereocenters. The number of imidazole rings is 1. The second kappa shape index (κ2) is 5.48. The van der Waals surface area contributed by atoms with Crippen LogP contribution < -0.4 is 0 Å². The quantitative estimate of drug-likeness (QED) is 0.626. The van der Waals surface area contributed by atoms with Crippen molar-refractivity contribution in [2.45, 2.75) is 27.2 Å². The van der Waals surface area contributed by atoms with Gasteiger partial charge in [0.2, 0.25) is 0 Å². The summed E-state index contributed by atoms with van der Waals surface area (Å²) < 4.78 is 1.96. The third kappa shape index (κ3) is 2.70. The summed E-state index contributed by atoms with van der Waals surface area (Å²) in [7, 11) is 0. The van der Waals surface area contributed by atoms with Crippen molar-refractivity contribution in [1.82, 2.24) is 9.38 Å². The average Bonchev–Trinajstić information content (AvgIpc) is 2.80. The van der Waals surface area contributed by atoms with Crippen molar-refractivity contribution in [3.63, 3.8) is 0 Å². The molecule has 0 bridgehead atoms. The van der Waals surface area contributed by atoms with Gasteiger partial charge in [-0.3, -0.25) is 4.40 Å². The predicted octanol–water partition coefficient (Wildman–Crippen LogP) is 4.93. The van der Waals surface area contributed by atoms with E-state index >= 15 is 0 Å². The fraction of sp³-hybridized carbons (Fsp3) is 0.235. The van der Waals surface area contributed by atoms with Gasteiger partial charge >= 0.3 is 0 Å². The number of aryl methyl sites for hydroxylation is 3. The molecule has 4 nitrogen and oxygen atoms in total. The van der Waals surface area contributed by atoms with Gasteiger partial charge in [0.15, 0.2) is 5.82 Å². The Bertz CT molecular complexity index is 798. The van der Waals surface area contributed by atoms with E-state index in [1.165, 1.54) is 11.1 Å². The van der Waals surface area contributed by atoms with Crippen LogP contribution in [0.3, 0.4) is 0 Å². The van der Waals surface area contributed by atoms with Crippen LogP contribution in [0.2, 0.25) is 0 Å². The van der Waals surface area contributed by atoms with Gasteiger partial charge in [0.25, 0.3) is 0 Å². The van der Waals surface area contributed by atoms with E-state index in [-0.39, 0.29) is 0 Å². The van der Waals surface area contributed by atoms with Crippen LogP contribution in [-0.2, 0) is 6.42 Å². The molecule has 0 amide bonds. The second-order valence-corrected chi connectivity index (χ2v) is 5.17. The number of hydrogen-bond acceptors (Lipinski definition) is 3. The van der Waals surface area contributed by atoms with Crippen LogP contribution in [0.5, 0.6) is 0 Å². The lowest BCUT2D eigenvalue weighted by atomic mass is 10.2. The van der Waals surface area contributed by atoms with Gasteiger partial charge in [-0.2, -0.15) is 0 Å². The maximum Gasteiger partial charge on any atom is 0.182 e. The normalized spacial score (nSPS) is 11.6. The van der Waals surface area contributed by atoms with Gasteiger partial charge in [-0.25, -0.2) is 4.98 Å². The van der Waals surface area contributed by atoms with E-state index in [2.05, 4.69) is 41.2 Å². The maximum atomic E-state index is 4.52. The third-order valence-corrected chi connectivity index (χ3v) is 3.53. The number of rotatable bonds is 3. The first-order valence-corrected chi connectivity index (χ1v) is 7.13. The minimum absolute atomic E-state index is 0.782. The Morgan fingerprint density at radius 2 is 1.81 bits per heavy atom. The molecule has 0 aliphatic heterocycles. The van der Waals surface area contributed by atoms with Gasteiger partial charge in [0, 0.05) is 6.20 Å². The fourth-order valence-corrected chi connectivity index (χ4v) is 2.28. The number of benzene rings is 1. The number of nitrogens with zero attached hydrogens (tertiary/aromatic N) is 4. The molecule has 0 saturated heterocycles. The lowest BCUT2D eigenvalue weighted by Crippen LogP contribution is -1.84. The summed E-state index contributed by atoms with van der Waals surface area (Å²) >= 11 is 0. The summed E-state index contributed by atoms with van der Waals surface area (Å²) in [6, 6.07) is 12.2. The van der Waals surface area contributed by atoms with Crippen LogP contribution in [0, 0.1) is 13.8 Å². The van der Waals surface area contributed by atoms with Crippen molar-refractivity contribution < 1.29 is 0 Å². The molecule has 0 N–H and O–H groups in total. The van der Waals surface area contributed by atoms with Gasteiger partial charge in [-0.15, -0.1) is 10.2 Å². The van der Waals surface area contributed by atoms with E-state index in [1.54, 1.807) is 0 Å². The number of pyridine rings is 1. The lowest BCUT2D eigenvalue weighted by molar-refractivity contribution is 1.09. The molecule has 0 unspecified atom stereocenters. The van der Waals surface area contributed by atoms with Crippen LogP contribution in [0.15, 0.2) is 52.8 Å². The Balaban J connectivity index is 1.96. The fourth-order valence-electron chi connectivity index (χ4n) is 2.28. The van der Waals surface area contributed by atoms with E-state index in [0.29, 0.717) is 0 Å². The molecule has 3 rings (SSSR count). The van der Waals surface area contributed by atoms with Crippen LogP contribution in [0.25, 0.3) is 5.65 Å². The van der Waals surface area contributed by atoms with Crippen LogP contribution in [0.4, 0.5) is 11.5 Å². The summed E-state index contributed by atoms with van der Waals surface area (Å²) in [6.45, 7) is 6.15. The largest absolute Gasteiger partial charge is 0.283 e. The zero-order chi connectivity index (χ0) is 14.8. The summed E-state index contributed by atoms with van der Waals surface area (Å²) in [5, 5.41) is 8.70. The van der Waals surface area contributed by atoms with E-state index in [4.69, 9.17) is 0 Å². The van der Waals surface area contributed by atoms with E-state index in [0.717, 1.165) is 29.3 Å². The highest BCUT2D eigenvalue weighted by molar-refractivity contribution is 5.53. The van der Waals surface area contributed by atoms with E-state index in [9.17, 15) is 0 Å². The van der Waals surface area contributed by atoms with Gasteiger partial charge in [-0.05, 0) is 55.7 Å². The first kappa shape index (κ1) is 13.5. The maximum absolute atomic E-state index is 4.52. The minimum atomic E-state index is 0.782. The van der Waals surface area contributed by atoms with E-state index < -0.39 is 0 Å². The molecule has 0 spiro atoms. The highest BCUT2D eigenvalue weighted by Crippen LogP contribution is 2.24. The van der Waals surface area contributed by atoms with Crippen molar-refractivity contribution in [3.8, 4) is 0 Å². The summed E-state index contributed by atoms with van der Waals surface area (Å²) in [5.74, 6) is 0.782. The minimum Gasteiger partial charge on any atom is -0.283 e. The Kier molecular flexibility index (Phi) is 3.52. The smallest absolute Gasteiger partial charge is 0.182 e. The number of fused-ring (bicyclic) bond motifs is 1. The highest BCUT2D eigenvalue weighted by Gasteiger charge is 2.07. The Morgan fingerprint density at radius 1 is 1.05 bits per heavy atom. The van der Waals surface area contributed by atoms with Gasteiger partial charge < -0.3 is 0 Å². The highest BCUT2D eigenvalue weighted by atomic mass is 15.2. The second-order valence-electron chi connectivity index (χ2n) is 5.17. The molecule has 2 aromatic heterocycles. The Morgan fingerprint density at radius 3 is 2.52 bits per heavy atom. The monoisotopic (exact) mass is 278 g/mol. The molecular formula is C17H18N4. The molecule has 0 saturated carbocycles. The van der Waals surface area contributed by atoms with Crippen molar-refractivity contribution in [1.29, 1.82) is 0 Å². The molecule has 4 heteroatoms. The summed E-state index contributed by atoms with van der Waals surface area (Å²) in [6.07, 6.45) is 3.02. The Hall–Kier alpha value is -2.49. The summed E-state index contributed by atoms with van der Waals surface area (Å²) in [4.78, 5) is 4.52. The van der Waals surface area contributed by atoms with Crippen molar-refractivity contribution in [2.24, 2.45) is 10.2 Å². The van der Waals surface area contributed by atoms with Gasteiger partial charge in [0.05, 0.1) is 11.4 Å². The zero-order valence-corrected chi connectivity index (χ0v) is 12.5. The Labute approximate surface area is 124 Å². The molecule has 0 radical (unpaired) electrons. The van der Waals surface area contributed by atoms with Crippen LogP contribution in [-0.4, -0.2) is 9.38 Å². The number of azo groups is 1. The standard InChI is InChI=1S/C17H18N4/c1-4-14-5-7-15(8-6-14)19-20-17-13(3)18-16-11-12(2)9-10-21(16)17/h5-11H,4H2,1-3H3. The van der Waals surface area contributed by atoms with E-state index in [1.807, 2.05) is 41.8 Å². The third-order valence-electron chi connectivity index (χ3n) is 3.53. The number of aromatic nitrogens is 2. The molecule has 1 aromatic carbocycles. The predicted molar refractivity (Wildman–Crippen MR) is 84.7 cm³/mol. The first-order valence-electron chi connectivity index (χ1n) is 7.13. The first-order chi connectivity index (χ1) is 10.2. The zero-order valence-electron chi connectivity index (χ0n) is 12.5. The summed E-state index contributed by atoms with van der Waals surface area (Å²) in [5.41, 5.74) is 5.13. The molecule has 2 heterocycles. The molecule has 21 heavy (non-hydrogen) atoms. The average molecular weight is 278 g/mol. The molecule has 3 aromatic rings. The lowest BCUT2D eigenvalue weighted by Gasteiger charge is -1.98. The number of hydrogen-bond donors (Lipinski definition) is 0. The van der Waals surface area contributed by atoms with Crippen molar-refractivity contribution in [3.05, 3.63) is 59.4 Å². The van der Waals surface area contributed by atoms with Crippen molar-refractivity contribution in [2.75, 3.05) is 0 Å². The van der Waals surface area contributed by atoms with Crippen LogP contribution in [0.1, 0.15) is 23.7 Å². The topological polar surface area (TPSA) is 42.0 Å². The molecule has 106 valence electrons. The van der Waals surface area contributed by atoms with Crippen molar-refractivity contribution >= 4 is 17.2 Å². The van der Waals surface area contributed by atoms with Crippen LogP contribution >= 0.6 is 0 Å². The molecule has 0 aliphatic carbocycles. The van der Waals surface area contributed by atoms with Gasteiger partial charge in [0.1, 0.15) is 5.65 Å². The molecule has 0 aliphatic rings. The van der Waals surface area contributed by atoms with Gasteiger partial charge in [-0.1, -0.05) is 19.1 Å². The molecular weight excluding hydrogens is 260 g/mol.